The van der Waals surface area contributed by atoms with E-state index in [1.807, 2.05) is 13.0 Å². The first-order chi connectivity index (χ1) is 8.35. The summed E-state index contributed by atoms with van der Waals surface area (Å²) in [6.45, 7) is 8.67. The third-order valence-electron chi connectivity index (χ3n) is 3.78. The predicted octanol–water partition coefficient (Wildman–Crippen LogP) is 3.81. The molecule has 0 saturated carbocycles. The minimum Gasteiger partial charge on any atom is -0.397 e. The maximum atomic E-state index is 6.19. The Kier molecular flexibility index (Phi) is 3.23. The van der Waals surface area contributed by atoms with Gasteiger partial charge in [0.1, 0.15) is 0 Å². The normalized spacial score (nSPS) is 12.1. The molecule has 18 heavy (non-hydrogen) atoms. The fraction of sp³-hybridized carbons (Fsp3) is 0.500. The SMILES string of the molecule is CCC(C)(C)N(C)c1cc2nc(C)sc2cc1N. The van der Waals surface area contributed by atoms with Gasteiger partial charge in [-0.15, -0.1) is 11.3 Å². The summed E-state index contributed by atoms with van der Waals surface area (Å²) in [5.41, 5.74) is 9.22. The van der Waals surface area contributed by atoms with E-state index in [2.05, 4.69) is 43.8 Å². The van der Waals surface area contributed by atoms with E-state index in [1.54, 1.807) is 11.3 Å². The van der Waals surface area contributed by atoms with Gasteiger partial charge in [0.2, 0.25) is 0 Å². The van der Waals surface area contributed by atoms with Crippen LogP contribution in [0.4, 0.5) is 11.4 Å². The Labute approximate surface area is 113 Å². The van der Waals surface area contributed by atoms with Gasteiger partial charge in [-0.2, -0.15) is 0 Å². The summed E-state index contributed by atoms with van der Waals surface area (Å²) in [5, 5.41) is 1.08. The van der Waals surface area contributed by atoms with Crippen molar-refractivity contribution in [3.05, 3.63) is 17.1 Å². The zero-order valence-electron chi connectivity index (χ0n) is 11.7. The largest absolute Gasteiger partial charge is 0.397 e. The molecule has 0 fully saturated rings. The molecule has 1 heterocycles. The van der Waals surface area contributed by atoms with Crippen molar-refractivity contribution in [1.82, 2.24) is 4.98 Å². The molecule has 98 valence electrons. The summed E-state index contributed by atoms with van der Waals surface area (Å²) >= 11 is 1.69. The molecule has 0 atom stereocenters. The molecule has 0 radical (unpaired) electrons. The first-order valence-corrected chi connectivity index (χ1v) is 7.07. The number of nitrogen functional groups attached to an aromatic ring is 1. The van der Waals surface area contributed by atoms with Crippen LogP contribution in [0.3, 0.4) is 0 Å². The molecular weight excluding hydrogens is 242 g/mol. The highest BCUT2D eigenvalue weighted by Gasteiger charge is 2.23. The molecule has 0 amide bonds. The zero-order valence-corrected chi connectivity index (χ0v) is 12.6. The number of anilines is 2. The average Bonchev–Trinajstić information content (AvgIpc) is 2.66. The molecule has 3 nitrogen and oxygen atoms in total. The molecule has 2 rings (SSSR count). The van der Waals surface area contributed by atoms with E-state index in [4.69, 9.17) is 5.73 Å². The highest BCUT2D eigenvalue weighted by atomic mass is 32.1. The van der Waals surface area contributed by atoms with E-state index >= 15 is 0 Å². The number of benzene rings is 1. The van der Waals surface area contributed by atoms with Crippen LogP contribution in [-0.2, 0) is 0 Å². The Morgan fingerprint density at radius 1 is 1.39 bits per heavy atom. The van der Waals surface area contributed by atoms with Crippen molar-refractivity contribution in [3.8, 4) is 0 Å². The Hall–Kier alpha value is -1.29. The van der Waals surface area contributed by atoms with Crippen LogP contribution >= 0.6 is 11.3 Å². The van der Waals surface area contributed by atoms with E-state index in [0.29, 0.717) is 0 Å². The Morgan fingerprint density at radius 2 is 2.06 bits per heavy atom. The summed E-state index contributed by atoms with van der Waals surface area (Å²) < 4.78 is 1.16. The van der Waals surface area contributed by atoms with Gasteiger partial charge >= 0.3 is 0 Å². The van der Waals surface area contributed by atoms with E-state index in [9.17, 15) is 0 Å². The van der Waals surface area contributed by atoms with Crippen LogP contribution in [0.2, 0.25) is 0 Å². The van der Waals surface area contributed by atoms with Crippen LogP contribution in [0.5, 0.6) is 0 Å². The second kappa shape index (κ2) is 4.43. The molecular formula is C14H21N3S. The number of hydrogen-bond donors (Lipinski definition) is 1. The summed E-state index contributed by atoms with van der Waals surface area (Å²) in [4.78, 5) is 6.79. The maximum Gasteiger partial charge on any atom is 0.0907 e. The molecule has 1 aromatic carbocycles. The molecule has 0 aliphatic rings. The lowest BCUT2D eigenvalue weighted by Crippen LogP contribution is -2.40. The van der Waals surface area contributed by atoms with E-state index in [0.717, 1.165) is 33.0 Å². The van der Waals surface area contributed by atoms with Gasteiger partial charge in [0.15, 0.2) is 0 Å². The van der Waals surface area contributed by atoms with Crippen LogP contribution < -0.4 is 10.6 Å². The summed E-state index contributed by atoms with van der Waals surface area (Å²) in [5.74, 6) is 0. The number of aryl methyl sites for hydroxylation is 1. The third kappa shape index (κ3) is 2.17. The van der Waals surface area contributed by atoms with Crippen molar-refractivity contribution >= 4 is 32.9 Å². The molecule has 0 saturated heterocycles. The number of fused-ring (bicyclic) bond motifs is 1. The quantitative estimate of drug-likeness (QED) is 0.856. The Balaban J connectivity index is 2.53. The lowest BCUT2D eigenvalue weighted by Gasteiger charge is -2.37. The second-order valence-electron chi connectivity index (χ2n) is 5.34. The summed E-state index contributed by atoms with van der Waals surface area (Å²) in [6, 6.07) is 4.14. The van der Waals surface area contributed by atoms with Gasteiger partial charge in [0.25, 0.3) is 0 Å². The number of nitrogens with zero attached hydrogens (tertiary/aromatic N) is 2. The highest BCUT2D eigenvalue weighted by molar-refractivity contribution is 7.18. The summed E-state index contributed by atoms with van der Waals surface area (Å²) in [6.07, 6.45) is 1.07. The van der Waals surface area contributed by atoms with Crippen molar-refractivity contribution in [2.24, 2.45) is 0 Å². The Bertz CT molecular complexity index is 572. The number of thiazole rings is 1. The zero-order chi connectivity index (χ0) is 13.5. The van der Waals surface area contributed by atoms with Gasteiger partial charge in [-0.25, -0.2) is 4.98 Å². The molecule has 0 unspecified atom stereocenters. The van der Waals surface area contributed by atoms with Gasteiger partial charge in [-0.05, 0) is 39.3 Å². The average molecular weight is 263 g/mol. The van der Waals surface area contributed by atoms with Crippen LogP contribution in [0, 0.1) is 6.92 Å². The molecule has 0 bridgehead atoms. The lowest BCUT2D eigenvalue weighted by atomic mass is 9.99. The van der Waals surface area contributed by atoms with Crippen LogP contribution in [0.1, 0.15) is 32.2 Å². The van der Waals surface area contributed by atoms with Crippen LogP contribution in [-0.4, -0.2) is 17.6 Å². The van der Waals surface area contributed by atoms with Crippen molar-refractivity contribution < 1.29 is 0 Å². The van der Waals surface area contributed by atoms with E-state index in [1.165, 1.54) is 0 Å². The fourth-order valence-corrected chi connectivity index (χ4v) is 2.80. The maximum absolute atomic E-state index is 6.19. The van der Waals surface area contributed by atoms with Gasteiger partial charge in [-0.3, -0.25) is 0 Å². The Morgan fingerprint density at radius 3 is 2.67 bits per heavy atom. The van der Waals surface area contributed by atoms with Gasteiger partial charge in [0, 0.05) is 12.6 Å². The minimum absolute atomic E-state index is 0.0901. The van der Waals surface area contributed by atoms with Crippen LogP contribution in [0.15, 0.2) is 12.1 Å². The smallest absolute Gasteiger partial charge is 0.0907 e. The number of aromatic nitrogens is 1. The van der Waals surface area contributed by atoms with Crippen molar-refractivity contribution in [2.45, 2.75) is 39.7 Å². The van der Waals surface area contributed by atoms with E-state index < -0.39 is 0 Å². The van der Waals surface area contributed by atoms with Crippen molar-refractivity contribution in [2.75, 3.05) is 17.7 Å². The third-order valence-corrected chi connectivity index (χ3v) is 4.71. The lowest BCUT2D eigenvalue weighted by molar-refractivity contribution is 0.471. The standard InChI is InChI=1S/C14H21N3S/c1-6-14(3,4)17(5)12-8-11-13(7-10(12)15)18-9(2)16-11/h7-8H,6,15H2,1-5H3. The van der Waals surface area contributed by atoms with Gasteiger partial charge in [0.05, 0.1) is 26.6 Å². The summed E-state index contributed by atoms with van der Waals surface area (Å²) in [7, 11) is 2.10. The number of nitrogens with two attached hydrogens (primary N) is 1. The highest BCUT2D eigenvalue weighted by Crippen LogP contribution is 2.35. The predicted molar refractivity (Wildman–Crippen MR) is 81.5 cm³/mol. The first kappa shape index (κ1) is 13.1. The topological polar surface area (TPSA) is 42.2 Å². The molecule has 2 N–H and O–H groups in total. The van der Waals surface area contributed by atoms with Gasteiger partial charge < -0.3 is 10.6 Å². The molecule has 0 aliphatic heterocycles. The van der Waals surface area contributed by atoms with Crippen molar-refractivity contribution in [1.29, 1.82) is 0 Å². The molecule has 2 aromatic rings. The van der Waals surface area contributed by atoms with E-state index in [-0.39, 0.29) is 5.54 Å². The number of hydrogen-bond acceptors (Lipinski definition) is 4. The van der Waals surface area contributed by atoms with Gasteiger partial charge in [-0.1, -0.05) is 6.92 Å². The minimum atomic E-state index is 0.0901. The monoisotopic (exact) mass is 263 g/mol. The van der Waals surface area contributed by atoms with Crippen molar-refractivity contribution in [3.63, 3.8) is 0 Å². The van der Waals surface area contributed by atoms with Crippen LogP contribution in [0.25, 0.3) is 10.2 Å². The fourth-order valence-electron chi connectivity index (χ4n) is 1.95. The molecule has 0 aliphatic carbocycles. The second-order valence-corrected chi connectivity index (χ2v) is 6.57. The number of rotatable bonds is 3. The molecule has 4 heteroatoms. The molecule has 1 aromatic heterocycles. The molecule has 0 spiro atoms. The first-order valence-electron chi connectivity index (χ1n) is 6.25.